The summed E-state index contributed by atoms with van der Waals surface area (Å²) in [4.78, 5) is 25.8. The van der Waals surface area contributed by atoms with Crippen molar-refractivity contribution in [2.24, 2.45) is 5.92 Å². The Morgan fingerprint density at radius 1 is 1.43 bits per heavy atom. The Morgan fingerprint density at radius 2 is 2.14 bits per heavy atom. The van der Waals surface area contributed by atoms with Gasteiger partial charge in [-0.3, -0.25) is 14.3 Å². The Morgan fingerprint density at radius 3 is 2.76 bits per heavy atom. The molecule has 0 aliphatic heterocycles. The summed E-state index contributed by atoms with van der Waals surface area (Å²) >= 11 is 0. The topological polar surface area (TPSA) is 102 Å². The molecular weight excluding hydrogens is 272 g/mol. The van der Waals surface area contributed by atoms with Gasteiger partial charge in [0.2, 0.25) is 0 Å². The monoisotopic (exact) mass is 296 g/mol. The summed E-state index contributed by atoms with van der Waals surface area (Å²) in [5.74, 6) is 0.398. The highest BCUT2D eigenvalue weighted by Crippen LogP contribution is 2.11. The summed E-state index contributed by atoms with van der Waals surface area (Å²) in [5.41, 5.74) is 5.14. The van der Waals surface area contributed by atoms with Gasteiger partial charge < -0.3 is 15.8 Å². The molecule has 1 aromatic rings. The Kier molecular flexibility index (Phi) is 6.74. The normalized spacial score (nSPS) is 10.8. The molecule has 0 atom stereocenters. The lowest BCUT2D eigenvalue weighted by Crippen LogP contribution is -2.35. The molecule has 0 aromatic carbocycles. The second kappa shape index (κ2) is 8.31. The van der Waals surface area contributed by atoms with Crippen molar-refractivity contribution in [3.05, 3.63) is 33.5 Å². The van der Waals surface area contributed by atoms with E-state index in [-0.39, 0.29) is 17.4 Å². The second-order valence-corrected chi connectivity index (χ2v) is 5.14. The minimum absolute atomic E-state index is 0.156. The lowest BCUT2D eigenvalue weighted by molar-refractivity contribution is 0.149. The first-order valence-electron chi connectivity index (χ1n) is 7.02. The third-order valence-corrected chi connectivity index (χ3v) is 2.80. The first-order chi connectivity index (χ1) is 9.97. The van der Waals surface area contributed by atoms with Crippen LogP contribution in [0, 0.1) is 5.92 Å². The van der Waals surface area contributed by atoms with E-state index in [9.17, 15) is 9.59 Å². The van der Waals surface area contributed by atoms with Gasteiger partial charge in [-0.1, -0.05) is 19.9 Å². The molecule has 118 valence electrons. The highest BCUT2D eigenvalue weighted by atomic mass is 16.5. The van der Waals surface area contributed by atoms with Crippen molar-refractivity contribution in [2.75, 3.05) is 30.8 Å². The third kappa shape index (κ3) is 5.11. The van der Waals surface area contributed by atoms with E-state index < -0.39 is 11.2 Å². The highest BCUT2D eigenvalue weighted by Gasteiger charge is 2.12. The number of nitrogen functional groups attached to an aromatic ring is 1. The first kappa shape index (κ1) is 17.0. The molecule has 0 aliphatic carbocycles. The fourth-order valence-corrected chi connectivity index (χ4v) is 1.82. The number of aromatic nitrogens is 2. The zero-order chi connectivity index (χ0) is 15.8. The van der Waals surface area contributed by atoms with Gasteiger partial charge in [0, 0.05) is 13.1 Å². The van der Waals surface area contributed by atoms with Crippen LogP contribution in [-0.4, -0.2) is 29.3 Å². The average Bonchev–Trinajstić information content (AvgIpc) is 2.41. The van der Waals surface area contributed by atoms with Gasteiger partial charge in [0.15, 0.2) is 0 Å². The Balaban J connectivity index is 2.75. The van der Waals surface area contributed by atoms with E-state index >= 15 is 0 Å². The second-order valence-electron chi connectivity index (χ2n) is 5.14. The number of ether oxygens (including phenoxy) is 1. The van der Waals surface area contributed by atoms with Gasteiger partial charge in [-0.25, -0.2) is 4.79 Å². The van der Waals surface area contributed by atoms with Crippen molar-refractivity contribution < 1.29 is 4.74 Å². The average molecular weight is 296 g/mol. The molecule has 7 heteroatoms. The summed E-state index contributed by atoms with van der Waals surface area (Å²) in [6.45, 7) is 9.45. The van der Waals surface area contributed by atoms with Crippen molar-refractivity contribution in [3.8, 4) is 0 Å². The van der Waals surface area contributed by atoms with Gasteiger partial charge in [-0.2, -0.15) is 0 Å². The van der Waals surface area contributed by atoms with Gasteiger partial charge >= 0.3 is 5.69 Å². The molecule has 1 rings (SSSR count). The van der Waals surface area contributed by atoms with E-state index in [2.05, 4.69) is 16.9 Å². The zero-order valence-electron chi connectivity index (χ0n) is 12.6. The number of nitrogens with zero attached hydrogens (tertiary/aromatic N) is 1. The highest BCUT2D eigenvalue weighted by molar-refractivity contribution is 5.60. The summed E-state index contributed by atoms with van der Waals surface area (Å²) < 4.78 is 6.71. The molecule has 0 unspecified atom stereocenters. The largest absolute Gasteiger partial charge is 0.383 e. The van der Waals surface area contributed by atoms with Crippen LogP contribution in [0.4, 0.5) is 11.5 Å². The quantitative estimate of drug-likeness (QED) is 0.461. The van der Waals surface area contributed by atoms with Crippen molar-refractivity contribution >= 4 is 11.5 Å². The number of rotatable bonds is 9. The van der Waals surface area contributed by atoms with Crippen molar-refractivity contribution in [2.45, 2.75) is 26.8 Å². The zero-order valence-corrected chi connectivity index (χ0v) is 12.6. The van der Waals surface area contributed by atoms with Crippen LogP contribution in [-0.2, 0) is 11.3 Å². The lowest BCUT2D eigenvalue weighted by Gasteiger charge is -2.15. The molecule has 0 aliphatic rings. The van der Waals surface area contributed by atoms with Gasteiger partial charge in [0.25, 0.3) is 5.56 Å². The first-order valence-corrected chi connectivity index (χ1v) is 7.02. The van der Waals surface area contributed by atoms with Crippen LogP contribution in [0.5, 0.6) is 0 Å². The van der Waals surface area contributed by atoms with Crippen LogP contribution in [0.2, 0.25) is 0 Å². The number of hydrogen-bond donors (Lipinski definition) is 3. The number of aromatic amines is 1. The summed E-state index contributed by atoms with van der Waals surface area (Å²) in [6, 6.07) is 0. The molecule has 0 radical (unpaired) electrons. The minimum atomic E-state index is -0.511. The third-order valence-electron chi connectivity index (χ3n) is 2.80. The van der Waals surface area contributed by atoms with Gasteiger partial charge in [0.05, 0.1) is 13.2 Å². The summed E-state index contributed by atoms with van der Waals surface area (Å²) in [7, 11) is 0. The van der Waals surface area contributed by atoms with Crippen LogP contribution in [0.25, 0.3) is 0 Å². The summed E-state index contributed by atoms with van der Waals surface area (Å²) in [5, 5.41) is 2.92. The molecule has 0 bridgehead atoms. The molecule has 0 saturated heterocycles. The smallest absolute Gasteiger partial charge is 0.330 e. The van der Waals surface area contributed by atoms with E-state index in [1.807, 2.05) is 13.8 Å². The molecule has 0 amide bonds. The predicted molar refractivity (Wildman–Crippen MR) is 84.7 cm³/mol. The number of hydrogen-bond acceptors (Lipinski definition) is 5. The van der Waals surface area contributed by atoms with Crippen LogP contribution in [0.3, 0.4) is 0 Å². The summed E-state index contributed by atoms with van der Waals surface area (Å²) in [6.07, 6.45) is 2.56. The predicted octanol–water partition coefficient (Wildman–Crippen LogP) is 0.779. The SMILES string of the molecule is C=CCCOCCNc1c(N)n(CC(C)C)c(=O)[nH]c1=O. The number of anilines is 2. The number of H-pyrrole nitrogens is 1. The molecule has 0 saturated carbocycles. The fourth-order valence-electron chi connectivity index (χ4n) is 1.82. The Bertz CT molecular complexity index is 575. The van der Waals surface area contributed by atoms with E-state index in [4.69, 9.17) is 10.5 Å². The van der Waals surface area contributed by atoms with E-state index in [0.717, 1.165) is 6.42 Å². The lowest BCUT2D eigenvalue weighted by atomic mass is 10.2. The maximum absolute atomic E-state index is 11.8. The van der Waals surface area contributed by atoms with Gasteiger partial charge in [-0.05, 0) is 12.3 Å². The molecular formula is C14H24N4O3. The van der Waals surface area contributed by atoms with E-state index in [0.29, 0.717) is 26.3 Å². The van der Waals surface area contributed by atoms with Crippen molar-refractivity contribution in [3.63, 3.8) is 0 Å². The van der Waals surface area contributed by atoms with Crippen molar-refractivity contribution in [1.82, 2.24) is 9.55 Å². The molecule has 21 heavy (non-hydrogen) atoms. The minimum Gasteiger partial charge on any atom is -0.383 e. The Labute approximate surface area is 123 Å². The standard InChI is InChI=1S/C14H24N4O3/c1-4-5-7-21-8-6-16-11-12(15)18(9-10(2)3)14(20)17-13(11)19/h4,10,16H,1,5-9,15H2,2-3H3,(H,17,19,20). The maximum Gasteiger partial charge on any atom is 0.330 e. The molecule has 0 spiro atoms. The number of nitrogens with one attached hydrogen (secondary N) is 2. The van der Waals surface area contributed by atoms with Gasteiger partial charge in [-0.15, -0.1) is 6.58 Å². The van der Waals surface area contributed by atoms with Crippen LogP contribution >= 0.6 is 0 Å². The van der Waals surface area contributed by atoms with E-state index in [1.54, 1.807) is 6.08 Å². The van der Waals surface area contributed by atoms with E-state index in [1.165, 1.54) is 4.57 Å². The van der Waals surface area contributed by atoms with Gasteiger partial charge in [0.1, 0.15) is 11.5 Å². The molecule has 1 heterocycles. The Hall–Kier alpha value is -2.02. The number of nitrogens with two attached hydrogens (primary N) is 1. The molecule has 4 N–H and O–H groups in total. The van der Waals surface area contributed by atoms with Crippen LogP contribution in [0.1, 0.15) is 20.3 Å². The molecule has 0 fully saturated rings. The molecule has 7 nitrogen and oxygen atoms in total. The molecule has 1 aromatic heterocycles. The van der Waals surface area contributed by atoms with Crippen LogP contribution in [0.15, 0.2) is 22.2 Å². The van der Waals surface area contributed by atoms with Crippen LogP contribution < -0.4 is 22.3 Å². The van der Waals surface area contributed by atoms with Crippen molar-refractivity contribution in [1.29, 1.82) is 0 Å². The fraction of sp³-hybridized carbons (Fsp3) is 0.571. The maximum atomic E-state index is 11.8.